The van der Waals surface area contributed by atoms with Crippen LogP contribution in [0.2, 0.25) is 10.0 Å². The van der Waals surface area contributed by atoms with Gasteiger partial charge >= 0.3 is 0 Å². The molecule has 2 amide bonds. The van der Waals surface area contributed by atoms with Crippen molar-refractivity contribution in [1.29, 1.82) is 0 Å². The average molecular weight is 444 g/mol. The lowest BCUT2D eigenvalue weighted by Gasteiger charge is -2.15. The number of hydrogen-bond donors (Lipinski definition) is 0. The van der Waals surface area contributed by atoms with Gasteiger partial charge in [-0.15, -0.1) is 0 Å². The van der Waals surface area contributed by atoms with E-state index in [1.54, 1.807) is 12.1 Å². The van der Waals surface area contributed by atoms with Crippen molar-refractivity contribution in [2.24, 2.45) is 0 Å². The molecule has 0 fully saturated rings. The highest BCUT2D eigenvalue weighted by molar-refractivity contribution is 8.04. The number of imide groups is 1. The highest BCUT2D eigenvalue weighted by Gasteiger charge is 2.41. The average Bonchev–Trinajstić information content (AvgIpc) is 2.94. The van der Waals surface area contributed by atoms with Crippen molar-refractivity contribution in [3.8, 4) is 0 Å². The third-order valence-corrected chi connectivity index (χ3v) is 5.93. The van der Waals surface area contributed by atoms with E-state index in [4.69, 9.17) is 23.2 Å². The molecule has 1 aliphatic rings. The molecular weight excluding hydrogens is 432 g/mol. The van der Waals surface area contributed by atoms with Crippen LogP contribution in [0.25, 0.3) is 5.57 Å². The highest BCUT2D eigenvalue weighted by atomic mass is 35.5. The summed E-state index contributed by atoms with van der Waals surface area (Å²) in [5.74, 6) is -1.47. The first-order chi connectivity index (χ1) is 14.0. The van der Waals surface area contributed by atoms with E-state index in [2.05, 4.69) is 0 Å². The molecule has 1 aliphatic heterocycles. The van der Waals surface area contributed by atoms with Gasteiger partial charge in [0.25, 0.3) is 11.8 Å². The maximum Gasteiger partial charge on any atom is 0.272 e. The molecule has 0 spiro atoms. The van der Waals surface area contributed by atoms with Gasteiger partial charge in [-0.2, -0.15) is 0 Å². The van der Waals surface area contributed by atoms with Crippen LogP contribution < -0.4 is 4.90 Å². The van der Waals surface area contributed by atoms with Crippen LogP contribution in [0, 0.1) is 5.82 Å². The second-order valence-corrected chi connectivity index (χ2v) is 8.09. The van der Waals surface area contributed by atoms with E-state index in [1.807, 2.05) is 30.3 Å². The van der Waals surface area contributed by atoms with Gasteiger partial charge in [-0.05, 0) is 48.5 Å². The van der Waals surface area contributed by atoms with Gasteiger partial charge < -0.3 is 0 Å². The predicted molar refractivity (Wildman–Crippen MR) is 115 cm³/mol. The normalized spacial score (nSPS) is 14.1. The summed E-state index contributed by atoms with van der Waals surface area (Å²) in [5.41, 5.74) is 0.889. The summed E-state index contributed by atoms with van der Waals surface area (Å²) in [7, 11) is 0. The molecule has 0 aliphatic carbocycles. The minimum absolute atomic E-state index is 0.190. The summed E-state index contributed by atoms with van der Waals surface area (Å²) in [6.07, 6.45) is 0. The fourth-order valence-corrected chi connectivity index (χ4v) is 4.47. The number of amides is 2. The van der Waals surface area contributed by atoms with Gasteiger partial charge in [-0.3, -0.25) is 9.59 Å². The summed E-state index contributed by atoms with van der Waals surface area (Å²) in [6.45, 7) is 0. The standard InChI is InChI=1S/C22H12Cl2FNO2S/c23-13-6-11-17(18(24)12-13)19-20(29-16-4-2-1-3-5-16)22(28)26(21(19)27)15-9-7-14(25)8-10-15/h1-12H. The molecule has 0 unspecified atom stereocenters. The van der Waals surface area contributed by atoms with Gasteiger partial charge in [0, 0.05) is 15.5 Å². The number of nitrogens with zero attached hydrogens (tertiary/aromatic N) is 1. The van der Waals surface area contributed by atoms with Crippen molar-refractivity contribution in [1.82, 2.24) is 0 Å². The Hall–Kier alpha value is -2.60. The molecule has 3 nitrogen and oxygen atoms in total. The third kappa shape index (κ3) is 3.81. The van der Waals surface area contributed by atoms with Gasteiger partial charge in [0.05, 0.1) is 21.2 Å². The first-order valence-corrected chi connectivity index (χ1v) is 10.1. The lowest BCUT2D eigenvalue weighted by atomic mass is 10.1. The van der Waals surface area contributed by atoms with Crippen LogP contribution in [0.15, 0.2) is 82.6 Å². The zero-order valence-electron chi connectivity index (χ0n) is 14.7. The molecule has 4 rings (SSSR count). The minimum atomic E-state index is -0.524. The fourth-order valence-electron chi connectivity index (χ4n) is 2.97. The van der Waals surface area contributed by atoms with E-state index in [0.29, 0.717) is 10.6 Å². The molecule has 0 radical (unpaired) electrons. The number of carbonyl (C=O) groups is 2. The first-order valence-electron chi connectivity index (χ1n) is 8.52. The molecule has 0 saturated carbocycles. The Bertz CT molecular complexity index is 1150. The molecule has 0 saturated heterocycles. The van der Waals surface area contributed by atoms with Crippen molar-refractivity contribution < 1.29 is 14.0 Å². The highest BCUT2D eigenvalue weighted by Crippen LogP contribution is 2.43. The number of thioether (sulfide) groups is 1. The largest absolute Gasteiger partial charge is 0.272 e. The Morgan fingerprint density at radius 2 is 1.52 bits per heavy atom. The van der Waals surface area contributed by atoms with E-state index in [1.165, 1.54) is 42.1 Å². The monoisotopic (exact) mass is 443 g/mol. The minimum Gasteiger partial charge on any atom is -0.268 e. The summed E-state index contributed by atoms with van der Waals surface area (Å²) in [6, 6.07) is 19.2. The summed E-state index contributed by atoms with van der Waals surface area (Å²) in [4.78, 5) is 28.6. The van der Waals surface area contributed by atoms with Gasteiger partial charge in [-0.25, -0.2) is 9.29 Å². The first kappa shape index (κ1) is 19.7. The van der Waals surface area contributed by atoms with E-state index >= 15 is 0 Å². The van der Waals surface area contributed by atoms with Crippen LogP contribution in [0.4, 0.5) is 10.1 Å². The van der Waals surface area contributed by atoms with Crippen LogP contribution in [-0.2, 0) is 9.59 Å². The molecule has 3 aromatic rings. The van der Waals surface area contributed by atoms with E-state index in [-0.39, 0.29) is 21.2 Å². The Morgan fingerprint density at radius 1 is 0.828 bits per heavy atom. The van der Waals surface area contributed by atoms with E-state index < -0.39 is 17.6 Å². The molecule has 0 aromatic heterocycles. The molecule has 0 N–H and O–H groups in total. The van der Waals surface area contributed by atoms with Crippen LogP contribution in [0.3, 0.4) is 0 Å². The molecular formula is C22H12Cl2FNO2S. The molecule has 29 heavy (non-hydrogen) atoms. The third-order valence-electron chi connectivity index (χ3n) is 4.29. The van der Waals surface area contributed by atoms with Crippen molar-refractivity contribution >= 4 is 58.0 Å². The summed E-state index contributed by atoms with van der Waals surface area (Å²) in [5, 5.41) is 0.685. The lowest BCUT2D eigenvalue weighted by molar-refractivity contribution is -0.119. The fraction of sp³-hybridized carbons (Fsp3) is 0. The molecule has 0 bridgehead atoms. The molecule has 3 aromatic carbocycles. The number of anilines is 1. The van der Waals surface area contributed by atoms with Crippen LogP contribution in [0.1, 0.15) is 5.56 Å². The summed E-state index contributed by atoms with van der Waals surface area (Å²) < 4.78 is 13.3. The lowest BCUT2D eigenvalue weighted by Crippen LogP contribution is -2.31. The number of carbonyl (C=O) groups excluding carboxylic acids is 2. The summed E-state index contributed by atoms with van der Waals surface area (Å²) >= 11 is 13.5. The molecule has 0 atom stereocenters. The van der Waals surface area contributed by atoms with Crippen LogP contribution >= 0.6 is 35.0 Å². The van der Waals surface area contributed by atoms with Gasteiger partial charge in [0.2, 0.25) is 0 Å². The van der Waals surface area contributed by atoms with Gasteiger partial charge in [0.1, 0.15) is 5.82 Å². The van der Waals surface area contributed by atoms with Gasteiger partial charge in [-0.1, -0.05) is 59.2 Å². The Balaban J connectivity index is 1.85. The Labute approximate surface area is 180 Å². The zero-order chi connectivity index (χ0) is 20.5. The van der Waals surface area contributed by atoms with Crippen molar-refractivity contribution in [2.45, 2.75) is 4.90 Å². The SMILES string of the molecule is O=C1C(Sc2ccccc2)=C(c2ccc(Cl)cc2Cl)C(=O)N1c1ccc(F)cc1. The van der Waals surface area contributed by atoms with Crippen molar-refractivity contribution in [3.05, 3.63) is 99.1 Å². The maximum atomic E-state index is 13.3. The van der Waals surface area contributed by atoms with Gasteiger partial charge in [0.15, 0.2) is 0 Å². The zero-order valence-corrected chi connectivity index (χ0v) is 17.1. The van der Waals surface area contributed by atoms with E-state index in [9.17, 15) is 14.0 Å². The quantitative estimate of drug-likeness (QED) is 0.449. The molecule has 7 heteroatoms. The number of hydrogen-bond acceptors (Lipinski definition) is 3. The second-order valence-electron chi connectivity index (χ2n) is 6.17. The topological polar surface area (TPSA) is 37.4 Å². The van der Waals surface area contributed by atoms with Crippen molar-refractivity contribution in [3.63, 3.8) is 0 Å². The van der Waals surface area contributed by atoms with Crippen LogP contribution in [-0.4, -0.2) is 11.8 Å². The Morgan fingerprint density at radius 3 is 2.17 bits per heavy atom. The smallest absolute Gasteiger partial charge is 0.268 e. The van der Waals surface area contributed by atoms with Crippen molar-refractivity contribution in [2.75, 3.05) is 4.90 Å². The number of benzene rings is 3. The number of rotatable bonds is 4. The van der Waals surface area contributed by atoms with Crippen LogP contribution in [0.5, 0.6) is 0 Å². The Kier molecular flexibility index (Phi) is 5.46. The second kappa shape index (κ2) is 8.03. The number of halogens is 3. The molecule has 1 heterocycles. The van der Waals surface area contributed by atoms with E-state index in [0.717, 1.165) is 9.80 Å². The maximum absolute atomic E-state index is 13.3. The predicted octanol–water partition coefficient (Wildman–Crippen LogP) is 6.21. The molecule has 144 valence electrons.